The quantitative estimate of drug-likeness (QED) is 0.857. The van der Waals surface area contributed by atoms with Crippen molar-refractivity contribution in [1.82, 2.24) is 0 Å². The number of aryl methyl sites for hydroxylation is 2. The zero-order valence-corrected chi connectivity index (χ0v) is 12.6. The van der Waals surface area contributed by atoms with Gasteiger partial charge < -0.3 is 5.32 Å². The Labute approximate surface area is 128 Å². The molecular formula is C16H15Cl2NO. The first-order valence-electron chi connectivity index (χ1n) is 6.35. The summed E-state index contributed by atoms with van der Waals surface area (Å²) < 4.78 is 0. The smallest absolute Gasteiger partial charge is 0.224 e. The van der Waals surface area contributed by atoms with Crippen LogP contribution < -0.4 is 5.32 Å². The molecule has 0 unspecified atom stereocenters. The first kappa shape index (κ1) is 14.9. The molecule has 104 valence electrons. The Bertz CT molecular complexity index is 626. The molecule has 2 rings (SSSR count). The number of carbonyl (C=O) groups excluding carboxylic acids is 1. The number of amides is 1. The van der Waals surface area contributed by atoms with Crippen LogP contribution in [0.5, 0.6) is 0 Å². The molecule has 4 heteroatoms. The molecule has 2 aromatic carbocycles. The van der Waals surface area contributed by atoms with Crippen molar-refractivity contribution in [1.29, 1.82) is 0 Å². The molecule has 0 aliphatic carbocycles. The zero-order chi connectivity index (χ0) is 14.5. The second kappa shape index (κ2) is 6.78. The molecular weight excluding hydrogens is 293 g/mol. The summed E-state index contributed by atoms with van der Waals surface area (Å²) in [5.41, 5.74) is 2.90. The fourth-order valence-corrected chi connectivity index (χ4v) is 2.20. The van der Waals surface area contributed by atoms with Crippen LogP contribution >= 0.6 is 23.2 Å². The van der Waals surface area contributed by atoms with E-state index in [1.165, 1.54) is 0 Å². The van der Waals surface area contributed by atoms with E-state index in [4.69, 9.17) is 23.2 Å². The molecule has 0 heterocycles. The average molecular weight is 308 g/mol. The number of anilines is 1. The molecule has 0 saturated carbocycles. The molecule has 0 atom stereocenters. The zero-order valence-electron chi connectivity index (χ0n) is 11.1. The molecule has 2 nitrogen and oxygen atoms in total. The van der Waals surface area contributed by atoms with Gasteiger partial charge in [-0.25, -0.2) is 0 Å². The Hall–Kier alpha value is -1.51. The number of rotatable bonds is 4. The van der Waals surface area contributed by atoms with E-state index in [1.54, 1.807) is 12.1 Å². The van der Waals surface area contributed by atoms with Crippen molar-refractivity contribution >= 4 is 34.8 Å². The van der Waals surface area contributed by atoms with Gasteiger partial charge in [0.25, 0.3) is 0 Å². The molecule has 0 fully saturated rings. The Morgan fingerprint density at radius 3 is 2.55 bits per heavy atom. The first-order valence-corrected chi connectivity index (χ1v) is 7.11. The van der Waals surface area contributed by atoms with E-state index in [0.29, 0.717) is 22.9 Å². The predicted octanol–water partition coefficient (Wildman–Crippen LogP) is 4.87. The molecule has 1 N–H and O–H groups in total. The second-order valence-corrected chi connectivity index (χ2v) is 5.43. The highest BCUT2D eigenvalue weighted by Gasteiger charge is 2.06. The van der Waals surface area contributed by atoms with Gasteiger partial charge in [0.05, 0.1) is 10.0 Å². The summed E-state index contributed by atoms with van der Waals surface area (Å²) in [6.07, 6.45) is 1.04. The SMILES string of the molecule is Cc1ccccc1NC(=O)CCc1ccc(Cl)c(Cl)c1. The highest BCUT2D eigenvalue weighted by atomic mass is 35.5. The molecule has 0 aliphatic rings. The van der Waals surface area contributed by atoms with E-state index >= 15 is 0 Å². The van der Waals surface area contributed by atoms with Gasteiger partial charge in [-0.1, -0.05) is 47.5 Å². The molecule has 0 aliphatic heterocycles. The lowest BCUT2D eigenvalue weighted by Gasteiger charge is -2.08. The fourth-order valence-electron chi connectivity index (χ4n) is 1.88. The van der Waals surface area contributed by atoms with Crippen LogP contribution in [0.1, 0.15) is 17.5 Å². The van der Waals surface area contributed by atoms with Crippen molar-refractivity contribution < 1.29 is 4.79 Å². The Morgan fingerprint density at radius 1 is 1.10 bits per heavy atom. The van der Waals surface area contributed by atoms with Crippen molar-refractivity contribution in [2.75, 3.05) is 5.32 Å². The summed E-state index contributed by atoms with van der Waals surface area (Å²) in [6, 6.07) is 13.1. The number of halogens is 2. The highest BCUT2D eigenvalue weighted by molar-refractivity contribution is 6.42. The lowest BCUT2D eigenvalue weighted by atomic mass is 10.1. The van der Waals surface area contributed by atoms with Crippen LogP contribution in [0.2, 0.25) is 10.0 Å². The lowest BCUT2D eigenvalue weighted by Crippen LogP contribution is -2.13. The van der Waals surface area contributed by atoms with E-state index < -0.39 is 0 Å². The van der Waals surface area contributed by atoms with Crippen molar-refractivity contribution in [3.05, 3.63) is 63.6 Å². The summed E-state index contributed by atoms with van der Waals surface area (Å²) in [5, 5.41) is 3.95. The maximum Gasteiger partial charge on any atom is 0.224 e. The van der Waals surface area contributed by atoms with E-state index in [2.05, 4.69) is 5.32 Å². The van der Waals surface area contributed by atoms with Gasteiger partial charge in [0.1, 0.15) is 0 Å². The third-order valence-electron chi connectivity index (χ3n) is 3.04. The van der Waals surface area contributed by atoms with Crippen LogP contribution in [-0.4, -0.2) is 5.91 Å². The number of para-hydroxylation sites is 1. The van der Waals surface area contributed by atoms with Gasteiger partial charge >= 0.3 is 0 Å². The molecule has 0 aromatic heterocycles. The normalized spacial score (nSPS) is 10.3. The van der Waals surface area contributed by atoms with Gasteiger partial charge in [-0.2, -0.15) is 0 Å². The highest BCUT2D eigenvalue weighted by Crippen LogP contribution is 2.23. The van der Waals surface area contributed by atoms with Crippen LogP contribution in [0.3, 0.4) is 0 Å². The summed E-state index contributed by atoms with van der Waals surface area (Å²) in [6.45, 7) is 1.97. The summed E-state index contributed by atoms with van der Waals surface area (Å²) in [7, 11) is 0. The van der Waals surface area contributed by atoms with Gasteiger partial charge in [0.2, 0.25) is 5.91 Å². The summed E-state index contributed by atoms with van der Waals surface area (Å²) in [5.74, 6) is -0.00891. The average Bonchev–Trinajstić information content (AvgIpc) is 2.43. The third-order valence-corrected chi connectivity index (χ3v) is 3.78. The minimum atomic E-state index is -0.00891. The van der Waals surface area contributed by atoms with Gasteiger partial charge in [-0.3, -0.25) is 4.79 Å². The summed E-state index contributed by atoms with van der Waals surface area (Å²) >= 11 is 11.8. The number of hydrogen-bond acceptors (Lipinski definition) is 1. The molecule has 2 aromatic rings. The predicted molar refractivity (Wildman–Crippen MR) is 84.6 cm³/mol. The van der Waals surface area contributed by atoms with E-state index in [9.17, 15) is 4.79 Å². The van der Waals surface area contributed by atoms with Crippen molar-refractivity contribution in [2.45, 2.75) is 19.8 Å². The van der Waals surface area contributed by atoms with Crippen LogP contribution in [0.4, 0.5) is 5.69 Å². The molecule has 0 spiro atoms. The Balaban J connectivity index is 1.92. The van der Waals surface area contributed by atoms with Crippen molar-refractivity contribution in [3.63, 3.8) is 0 Å². The van der Waals surface area contributed by atoms with Gasteiger partial charge in [0.15, 0.2) is 0 Å². The maximum atomic E-state index is 11.9. The largest absolute Gasteiger partial charge is 0.326 e. The lowest BCUT2D eigenvalue weighted by molar-refractivity contribution is -0.116. The maximum absolute atomic E-state index is 11.9. The minimum Gasteiger partial charge on any atom is -0.326 e. The molecule has 0 radical (unpaired) electrons. The van der Waals surface area contributed by atoms with E-state index in [-0.39, 0.29) is 5.91 Å². The minimum absolute atomic E-state index is 0.00891. The number of carbonyl (C=O) groups is 1. The Kier molecular flexibility index (Phi) is 5.05. The molecule has 0 bridgehead atoms. The summed E-state index contributed by atoms with van der Waals surface area (Å²) in [4.78, 5) is 11.9. The van der Waals surface area contributed by atoms with Crippen molar-refractivity contribution in [3.8, 4) is 0 Å². The van der Waals surface area contributed by atoms with Crippen LogP contribution in [0, 0.1) is 6.92 Å². The number of benzene rings is 2. The Morgan fingerprint density at radius 2 is 1.85 bits per heavy atom. The van der Waals surface area contributed by atoms with Crippen LogP contribution in [-0.2, 0) is 11.2 Å². The molecule has 1 amide bonds. The number of hydrogen-bond donors (Lipinski definition) is 1. The number of nitrogens with one attached hydrogen (secondary N) is 1. The van der Waals surface area contributed by atoms with Gasteiger partial charge in [-0.15, -0.1) is 0 Å². The van der Waals surface area contributed by atoms with Crippen molar-refractivity contribution in [2.24, 2.45) is 0 Å². The second-order valence-electron chi connectivity index (χ2n) is 4.61. The van der Waals surface area contributed by atoms with Crippen LogP contribution in [0.15, 0.2) is 42.5 Å². The van der Waals surface area contributed by atoms with Gasteiger partial charge in [-0.05, 0) is 42.7 Å². The van der Waals surface area contributed by atoms with Crippen LogP contribution in [0.25, 0.3) is 0 Å². The van der Waals surface area contributed by atoms with E-state index in [1.807, 2.05) is 37.3 Å². The first-order chi connectivity index (χ1) is 9.56. The monoisotopic (exact) mass is 307 g/mol. The topological polar surface area (TPSA) is 29.1 Å². The van der Waals surface area contributed by atoms with E-state index in [0.717, 1.165) is 16.8 Å². The van der Waals surface area contributed by atoms with Gasteiger partial charge in [0, 0.05) is 12.1 Å². The standard InChI is InChI=1S/C16H15Cl2NO/c1-11-4-2-3-5-15(11)19-16(20)9-7-12-6-8-13(17)14(18)10-12/h2-6,8,10H,7,9H2,1H3,(H,19,20). The molecule has 0 saturated heterocycles. The third kappa shape index (κ3) is 3.99. The molecule has 20 heavy (non-hydrogen) atoms. The fraction of sp³-hybridized carbons (Fsp3) is 0.188.